The molecule has 2 heterocycles. The van der Waals surface area contributed by atoms with Gasteiger partial charge in [0.2, 0.25) is 0 Å². The number of aryl methyl sites for hydroxylation is 1. The molecule has 0 amide bonds. The molecule has 4 heteroatoms. The third-order valence-corrected chi connectivity index (χ3v) is 2.32. The van der Waals surface area contributed by atoms with E-state index in [1.54, 1.807) is 6.20 Å². The summed E-state index contributed by atoms with van der Waals surface area (Å²) in [4.78, 5) is 10.7. The molecule has 0 saturated carbocycles. The van der Waals surface area contributed by atoms with Crippen molar-refractivity contribution in [3.05, 3.63) is 18.1 Å². The molecular formula is C9H14N4. The summed E-state index contributed by atoms with van der Waals surface area (Å²) in [6.07, 6.45) is 4.65. The van der Waals surface area contributed by atoms with E-state index in [0.29, 0.717) is 6.04 Å². The zero-order valence-corrected chi connectivity index (χ0v) is 7.77. The standard InChI is InChI=1S/C9H14N4/c1-7-4-12-9(5-11-7)13-3-2-8(10)6-13/h4-5,8H,2-3,6,10H2,1H3/t8-/m0/s1. The van der Waals surface area contributed by atoms with E-state index in [2.05, 4.69) is 14.9 Å². The summed E-state index contributed by atoms with van der Waals surface area (Å²) in [5, 5.41) is 0. The molecule has 1 aromatic heterocycles. The van der Waals surface area contributed by atoms with Gasteiger partial charge >= 0.3 is 0 Å². The van der Waals surface area contributed by atoms with E-state index in [-0.39, 0.29) is 0 Å². The first-order valence-electron chi connectivity index (χ1n) is 4.55. The maximum Gasteiger partial charge on any atom is 0.147 e. The van der Waals surface area contributed by atoms with E-state index in [0.717, 1.165) is 31.0 Å². The molecule has 1 aliphatic heterocycles. The molecule has 0 radical (unpaired) electrons. The summed E-state index contributed by atoms with van der Waals surface area (Å²) >= 11 is 0. The first-order chi connectivity index (χ1) is 6.25. The molecule has 1 atom stereocenters. The molecule has 1 aromatic rings. The van der Waals surface area contributed by atoms with Crippen molar-refractivity contribution in [1.82, 2.24) is 9.97 Å². The fourth-order valence-corrected chi connectivity index (χ4v) is 1.54. The van der Waals surface area contributed by atoms with E-state index < -0.39 is 0 Å². The first-order valence-corrected chi connectivity index (χ1v) is 4.55. The molecule has 0 aromatic carbocycles. The fraction of sp³-hybridized carbons (Fsp3) is 0.556. The van der Waals surface area contributed by atoms with Crippen molar-refractivity contribution in [2.75, 3.05) is 18.0 Å². The normalized spacial score (nSPS) is 22.3. The minimum absolute atomic E-state index is 0.295. The van der Waals surface area contributed by atoms with Crippen LogP contribution in [-0.2, 0) is 0 Å². The molecule has 0 aliphatic carbocycles. The summed E-state index contributed by atoms with van der Waals surface area (Å²) in [7, 11) is 0. The van der Waals surface area contributed by atoms with E-state index in [4.69, 9.17) is 5.73 Å². The number of nitrogens with zero attached hydrogens (tertiary/aromatic N) is 3. The largest absolute Gasteiger partial charge is 0.354 e. The summed E-state index contributed by atoms with van der Waals surface area (Å²) < 4.78 is 0. The van der Waals surface area contributed by atoms with Gasteiger partial charge in [-0.25, -0.2) is 4.98 Å². The molecule has 70 valence electrons. The van der Waals surface area contributed by atoms with Crippen LogP contribution in [0.1, 0.15) is 12.1 Å². The Balaban J connectivity index is 2.13. The minimum Gasteiger partial charge on any atom is -0.354 e. The summed E-state index contributed by atoms with van der Waals surface area (Å²) in [6, 6.07) is 0.295. The second-order valence-corrected chi connectivity index (χ2v) is 3.51. The van der Waals surface area contributed by atoms with Gasteiger partial charge in [0.15, 0.2) is 0 Å². The van der Waals surface area contributed by atoms with Crippen LogP contribution in [0.15, 0.2) is 12.4 Å². The lowest BCUT2D eigenvalue weighted by molar-refractivity contribution is 0.751. The van der Waals surface area contributed by atoms with Gasteiger partial charge in [-0.2, -0.15) is 0 Å². The molecule has 0 bridgehead atoms. The molecule has 2 rings (SSSR count). The topological polar surface area (TPSA) is 55.0 Å². The Labute approximate surface area is 77.8 Å². The molecule has 13 heavy (non-hydrogen) atoms. The minimum atomic E-state index is 0.295. The molecule has 0 unspecified atom stereocenters. The Morgan fingerprint density at radius 3 is 2.85 bits per heavy atom. The quantitative estimate of drug-likeness (QED) is 0.673. The monoisotopic (exact) mass is 178 g/mol. The summed E-state index contributed by atoms with van der Waals surface area (Å²) in [5.41, 5.74) is 6.75. The second-order valence-electron chi connectivity index (χ2n) is 3.51. The van der Waals surface area contributed by atoms with Crippen LogP contribution in [0.2, 0.25) is 0 Å². The van der Waals surface area contributed by atoms with Gasteiger partial charge in [0, 0.05) is 19.1 Å². The molecular weight excluding hydrogens is 164 g/mol. The van der Waals surface area contributed by atoms with Gasteiger partial charge in [0.05, 0.1) is 18.1 Å². The molecule has 2 N–H and O–H groups in total. The van der Waals surface area contributed by atoms with Crippen molar-refractivity contribution in [3.63, 3.8) is 0 Å². The van der Waals surface area contributed by atoms with Crippen molar-refractivity contribution in [3.8, 4) is 0 Å². The number of rotatable bonds is 1. The van der Waals surface area contributed by atoms with Gasteiger partial charge in [-0.1, -0.05) is 0 Å². The van der Waals surface area contributed by atoms with Gasteiger partial charge in [-0.05, 0) is 13.3 Å². The Morgan fingerprint density at radius 1 is 1.46 bits per heavy atom. The molecule has 0 spiro atoms. The van der Waals surface area contributed by atoms with E-state index >= 15 is 0 Å². The number of aromatic nitrogens is 2. The van der Waals surface area contributed by atoms with E-state index in [9.17, 15) is 0 Å². The number of anilines is 1. The number of nitrogens with two attached hydrogens (primary N) is 1. The van der Waals surface area contributed by atoms with Crippen LogP contribution in [0.3, 0.4) is 0 Å². The number of hydrogen-bond donors (Lipinski definition) is 1. The van der Waals surface area contributed by atoms with Gasteiger partial charge in [0.1, 0.15) is 5.82 Å². The van der Waals surface area contributed by atoms with Crippen LogP contribution in [-0.4, -0.2) is 29.1 Å². The highest BCUT2D eigenvalue weighted by Gasteiger charge is 2.19. The smallest absolute Gasteiger partial charge is 0.147 e. The van der Waals surface area contributed by atoms with Crippen LogP contribution in [0, 0.1) is 6.92 Å². The predicted molar refractivity (Wildman–Crippen MR) is 51.6 cm³/mol. The first kappa shape index (κ1) is 8.44. The highest BCUT2D eigenvalue weighted by atomic mass is 15.2. The highest BCUT2D eigenvalue weighted by molar-refractivity contribution is 5.37. The van der Waals surface area contributed by atoms with Gasteiger partial charge in [-0.15, -0.1) is 0 Å². The Kier molecular flexibility index (Phi) is 2.14. The van der Waals surface area contributed by atoms with Crippen LogP contribution in [0.4, 0.5) is 5.82 Å². The zero-order valence-electron chi connectivity index (χ0n) is 7.77. The third-order valence-electron chi connectivity index (χ3n) is 2.32. The Morgan fingerprint density at radius 2 is 2.31 bits per heavy atom. The van der Waals surface area contributed by atoms with Gasteiger partial charge < -0.3 is 10.6 Å². The van der Waals surface area contributed by atoms with Crippen molar-refractivity contribution in [1.29, 1.82) is 0 Å². The average Bonchev–Trinajstić information content (AvgIpc) is 2.53. The van der Waals surface area contributed by atoms with Crippen molar-refractivity contribution >= 4 is 5.82 Å². The summed E-state index contributed by atoms with van der Waals surface area (Å²) in [6.45, 7) is 3.84. The fourth-order valence-electron chi connectivity index (χ4n) is 1.54. The molecule has 1 fully saturated rings. The van der Waals surface area contributed by atoms with Crippen LogP contribution >= 0.6 is 0 Å². The summed E-state index contributed by atoms with van der Waals surface area (Å²) in [5.74, 6) is 0.943. The third kappa shape index (κ3) is 1.78. The Bertz CT molecular complexity index is 282. The zero-order chi connectivity index (χ0) is 9.26. The maximum atomic E-state index is 5.80. The van der Waals surface area contributed by atoms with Crippen LogP contribution in [0.25, 0.3) is 0 Å². The van der Waals surface area contributed by atoms with Crippen LogP contribution < -0.4 is 10.6 Å². The van der Waals surface area contributed by atoms with Crippen molar-refractivity contribution < 1.29 is 0 Å². The van der Waals surface area contributed by atoms with Crippen LogP contribution in [0.5, 0.6) is 0 Å². The van der Waals surface area contributed by atoms with E-state index in [1.807, 2.05) is 13.1 Å². The van der Waals surface area contributed by atoms with E-state index in [1.165, 1.54) is 0 Å². The number of hydrogen-bond acceptors (Lipinski definition) is 4. The molecule has 1 saturated heterocycles. The lowest BCUT2D eigenvalue weighted by atomic mass is 10.3. The lowest BCUT2D eigenvalue weighted by Gasteiger charge is -2.15. The van der Waals surface area contributed by atoms with Gasteiger partial charge in [0.25, 0.3) is 0 Å². The molecule has 1 aliphatic rings. The Hall–Kier alpha value is -1.16. The second kappa shape index (κ2) is 3.30. The maximum absolute atomic E-state index is 5.80. The van der Waals surface area contributed by atoms with Crippen molar-refractivity contribution in [2.24, 2.45) is 5.73 Å². The predicted octanol–water partition coefficient (Wildman–Crippen LogP) is 0.322. The van der Waals surface area contributed by atoms with Crippen molar-refractivity contribution in [2.45, 2.75) is 19.4 Å². The highest BCUT2D eigenvalue weighted by Crippen LogP contribution is 2.15. The van der Waals surface area contributed by atoms with Gasteiger partial charge in [-0.3, -0.25) is 4.98 Å². The SMILES string of the molecule is Cc1cnc(N2CC[C@H](N)C2)cn1. The molecule has 4 nitrogen and oxygen atoms in total. The lowest BCUT2D eigenvalue weighted by Crippen LogP contribution is -2.26. The average molecular weight is 178 g/mol.